The number of carbonyl (C=O) groups excluding carboxylic acids is 1. The number of piperidine rings is 1. The van der Waals surface area contributed by atoms with Gasteiger partial charge in [-0.25, -0.2) is 0 Å². The van der Waals surface area contributed by atoms with Crippen molar-refractivity contribution in [1.29, 1.82) is 0 Å². The van der Waals surface area contributed by atoms with Crippen LogP contribution < -0.4 is 5.32 Å². The van der Waals surface area contributed by atoms with Gasteiger partial charge in [0.2, 0.25) is 0 Å². The van der Waals surface area contributed by atoms with E-state index in [2.05, 4.69) is 29.4 Å². The molecule has 1 aliphatic carbocycles. The monoisotopic (exact) mass is 320 g/mol. The molecule has 3 rings (SSSR count). The molecule has 4 heteroatoms. The van der Waals surface area contributed by atoms with E-state index in [1.54, 1.807) is 11.3 Å². The molecule has 1 saturated heterocycles. The second-order valence-corrected chi connectivity index (χ2v) is 7.91. The van der Waals surface area contributed by atoms with Crippen LogP contribution in [0.15, 0.2) is 5.38 Å². The van der Waals surface area contributed by atoms with Gasteiger partial charge in [0.1, 0.15) is 0 Å². The molecular weight excluding hydrogens is 292 g/mol. The minimum atomic E-state index is 0.286. The molecule has 22 heavy (non-hydrogen) atoms. The maximum absolute atomic E-state index is 12.9. The van der Waals surface area contributed by atoms with Gasteiger partial charge in [-0.05, 0) is 62.6 Å². The van der Waals surface area contributed by atoms with Crippen LogP contribution in [0.25, 0.3) is 0 Å². The Morgan fingerprint density at radius 1 is 1.36 bits per heavy atom. The number of hydrogen-bond donors (Lipinski definition) is 1. The van der Waals surface area contributed by atoms with Crippen LogP contribution in [-0.2, 0) is 12.8 Å². The highest BCUT2D eigenvalue weighted by Gasteiger charge is 2.28. The van der Waals surface area contributed by atoms with Gasteiger partial charge in [-0.15, -0.1) is 11.3 Å². The summed E-state index contributed by atoms with van der Waals surface area (Å²) in [7, 11) is 0. The van der Waals surface area contributed by atoms with Crippen molar-refractivity contribution in [3.8, 4) is 0 Å². The Bertz CT molecular complexity index is 517. The molecule has 0 spiro atoms. The van der Waals surface area contributed by atoms with Crippen molar-refractivity contribution in [3.63, 3.8) is 0 Å². The standard InChI is InChI=1S/C18H28N2OS/c1-3-19-11-14-6-8-20(9-7-14)18(21)16-12-22-17-10-13(2)4-5-15(16)17/h12-14,19H,3-11H2,1-2H3. The summed E-state index contributed by atoms with van der Waals surface area (Å²) in [5.74, 6) is 1.80. The Balaban J connectivity index is 1.61. The lowest BCUT2D eigenvalue weighted by Crippen LogP contribution is -2.41. The average Bonchev–Trinajstić information content (AvgIpc) is 2.95. The molecule has 1 unspecified atom stereocenters. The zero-order valence-electron chi connectivity index (χ0n) is 13.9. The van der Waals surface area contributed by atoms with Gasteiger partial charge in [0.05, 0.1) is 5.56 Å². The minimum Gasteiger partial charge on any atom is -0.339 e. The summed E-state index contributed by atoms with van der Waals surface area (Å²) in [6.07, 6.45) is 5.77. The highest BCUT2D eigenvalue weighted by molar-refractivity contribution is 7.10. The second kappa shape index (κ2) is 7.14. The van der Waals surface area contributed by atoms with E-state index in [-0.39, 0.29) is 5.91 Å². The fourth-order valence-corrected chi connectivity index (χ4v) is 4.95. The topological polar surface area (TPSA) is 32.3 Å². The number of fused-ring (bicyclic) bond motifs is 1. The molecule has 122 valence electrons. The summed E-state index contributed by atoms with van der Waals surface area (Å²) in [5.41, 5.74) is 2.37. The molecule has 2 aliphatic rings. The van der Waals surface area contributed by atoms with Crippen molar-refractivity contribution < 1.29 is 4.79 Å². The first-order valence-electron chi connectivity index (χ1n) is 8.78. The fraction of sp³-hybridized carbons (Fsp3) is 0.722. The Morgan fingerprint density at radius 3 is 2.86 bits per heavy atom. The predicted octanol–water partition coefficient (Wildman–Crippen LogP) is 3.33. The highest BCUT2D eigenvalue weighted by atomic mass is 32.1. The third-order valence-electron chi connectivity index (χ3n) is 5.22. The van der Waals surface area contributed by atoms with E-state index in [1.807, 2.05) is 0 Å². The Hall–Kier alpha value is -0.870. The third-order valence-corrected chi connectivity index (χ3v) is 6.27. The van der Waals surface area contributed by atoms with E-state index in [0.29, 0.717) is 0 Å². The largest absolute Gasteiger partial charge is 0.339 e. The van der Waals surface area contributed by atoms with Crippen molar-refractivity contribution in [2.24, 2.45) is 11.8 Å². The summed E-state index contributed by atoms with van der Waals surface area (Å²) in [5, 5.41) is 5.55. The first kappa shape index (κ1) is 16.0. The van der Waals surface area contributed by atoms with Crippen molar-refractivity contribution in [2.45, 2.75) is 46.0 Å². The van der Waals surface area contributed by atoms with E-state index < -0.39 is 0 Å². The lowest BCUT2D eigenvalue weighted by Gasteiger charge is -2.32. The van der Waals surface area contributed by atoms with Gasteiger partial charge < -0.3 is 10.2 Å². The molecule has 0 radical (unpaired) electrons. The number of carbonyl (C=O) groups is 1. The summed E-state index contributed by atoms with van der Waals surface area (Å²) < 4.78 is 0. The van der Waals surface area contributed by atoms with Crippen LogP contribution in [0, 0.1) is 11.8 Å². The number of thiophene rings is 1. The summed E-state index contributed by atoms with van der Waals surface area (Å²) in [4.78, 5) is 16.4. The first-order chi connectivity index (χ1) is 10.7. The van der Waals surface area contributed by atoms with Gasteiger partial charge in [0, 0.05) is 23.3 Å². The van der Waals surface area contributed by atoms with E-state index >= 15 is 0 Å². The number of hydrogen-bond acceptors (Lipinski definition) is 3. The molecule has 2 heterocycles. The first-order valence-corrected chi connectivity index (χ1v) is 9.66. The van der Waals surface area contributed by atoms with Crippen molar-refractivity contribution in [2.75, 3.05) is 26.2 Å². The Morgan fingerprint density at radius 2 is 2.14 bits per heavy atom. The van der Waals surface area contributed by atoms with E-state index in [4.69, 9.17) is 0 Å². The van der Waals surface area contributed by atoms with Gasteiger partial charge in [-0.1, -0.05) is 13.8 Å². The molecule has 1 atom stereocenters. The van der Waals surface area contributed by atoms with Crippen LogP contribution >= 0.6 is 11.3 Å². The zero-order chi connectivity index (χ0) is 15.5. The number of nitrogens with one attached hydrogen (secondary N) is 1. The summed E-state index contributed by atoms with van der Waals surface area (Å²) >= 11 is 1.80. The van der Waals surface area contributed by atoms with Crippen LogP contribution in [0.4, 0.5) is 0 Å². The summed E-state index contributed by atoms with van der Waals surface area (Å²) in [6.45, 7) is 8.47. The lowest BCUT2D eigenvalue weighted by atomic mass is 9.88. The Kier molecular flexibility index (Phi) is 5.19. The average molecular weight is 321 g/mol. The summed E-state index contributed by atoms with van der Waals surface area (Å²) in [6, 6.07) is 0. The number of nitrogens with zero attached hydrogens (tertiary/aromatic N) is 1. The molecule has 0 saturated carbocycles. The molecule has 0 bridgehead atoms. The van der Waals surface area contributed by atoms with Gasteiger partial charge >= 0.3 is 0 Å². The molecule has 3 nitrogen and oxygen atoms in total. The fourth-order valence-electron chi connectivity index (χ4n) is 3.72. The van der Waals surface area contributed by atoms with Crippen LogP contribution in [0.2, 0.25) is 0 Å². The maximum atomic E-state index is 12.9. The van der Waals surface area contributed by atoms with Gasteiger partial charge in [0.25, 0.3) is 5.91 Å². The van der Waals surface area contributed by atoms with Crippen LogP contribution in [0.3, 0.4) is 0 Å². The van der Waals surface area contributed by atoms with Crippen LogP contribution in [-0.4, -0.2) is 37.0 Å². The van der Waals surface area contributed by atoms with Gasteiger partial charge in [-0.2, -0.15) is 0 Å². The van der Waals surface area contributed by atoms with Crippen molar-refractivity contribution >= 4 is 17.2 Å². The van der Waals surface area contributed by atoms with E-state index in [0.717, 1.165) is 69.3 Å². The lowest BCUT2D eigenvalue weighted by molar-refractivity contribution is 0.0689. The normalized spacial score (nSPS) is 22.6. The van der Waals surface area contributed by atoms with E-state index in [9.17, 15) is 4.79 Å². The smallest absolute Gasteiger partial charge is 0.254 e. The molecule has 1 aromatic heterocycles. The minimum absolute atomic E-state index is 0.286. The van der Waals surface area contributed by atoms with Crippen molar-refractivity contribution in [3.05, 3.63) is 21.4 Å². The predicted molar refractivity (Wildman–Crippen MR) is 92.7 cm³/mol. The molecule has 1 aliphatic heterocycles. The Labute approximate surface area is 138 Å². The molecular formula is C18H28N2OS. The van der Waals surface area contributed by atoms with Crippen molar-refractivity contribution in [1.82, 2.24) is 10.2 Å². The maximum Gasteiger partial charge on any atom is 0.254 e. The molecule has 0 aromatic carbocycles. The highest BCUT2D eigenvalue weighted by Crippen LogP contribution is 2.33. The number of likely N-dealkylation sites (tertiary alicyclic amines) is 1. The SMILES string of the molecule is CCNCC1CCN(C(=O)c2csc3c2CCC(C)C3)CC1. The molecule has 1 fully saturated rings. The second-order valence-electron chi connectivity index (χ2n) is 6.94. The quantitative estimate of drug-likeness (QED) is 0.923. The van der Waals surface area contributed by atoms with E-state index in [1.165, 1.54) is 16.9 Å². The van der Waals surface area contributed by atoms with Crippen LogP contribution in [0.1, 0.15) is 53.9 Å². The van der Waals surface area contributed by atoms with Crippen LogP contribution in [0.5, 0.6) is 0 Å². The molecule has 1 aromatic rings. The molecule has 1 N–H and O–H groups in total. The number of rotatable bonds is 4. The third kappa shape index (κ3) is 3.38. The van der Waals surface area contributed by atoms with Gasteiger partial charge in [-0.3, -0.25) is 4.79 Å². The number of amides is 1. The zero-order valence-corrected chi connectivity index (χ0v) is 14.7. The van der Waals surface area contributed by atoms with Gasteiger partial charge in [0.15, 0.2) is 0 Å². The molecule has 1 amide bonds.